The molecule has 6 rings (SSSR count). The number of amides is 1. The van der Waals surface area contributed by atoms with Gasteiger partial charge in [0.25, 0.3) is 11.5 Å². The Hall–Kier alpha value is -3.74. The topological polar surface area (TPSA) is 95.2 Å². The van der Waals surface area contributed by atoms with Crippen LogP contribution in [0.2, 0.25) is 0 Å². The van der Waals surface area contributed by atoms with Gasteiger partial charge in [0.2, 0.25) is 0 Å². The molecule has 0 N–H and O–H groups in total. The van der Waals surface area contributed by atoms with Crippen molar-refractivity contribution >= 4 is 51.1 Å². The molecule has 0 radical (unpaired) electrons. The predicted molar refractivity (Wildman–Crippen MR) is 176 cm³/mol. The van der Waals surface area contributed by atoms with Crippen LogP contribution in [0.25, 0.3) is 5.69 Å². The average Bonchev–Trinajstić information content (AvgIpc) is 3.72. The number of aromatic nitrogens is 2. The first-order valence-corrected chi connectivity index (χ1v) is 16.6. The third kappa shape index (κ3) is 5.98. The lowest BCUT2D eigenvalue weighted by molar-refractivity contribution is -0.130. The summed E-state index contributed by atoms with van der Waals surface area (Å²) in [6, 6.07) is 20.4. The maximum Gasteiger partial charge on any atom is 0.272 e. The Balaban J connectivity index is 1.33. The van der Waals surface area contributed by atoms with Crippen LogP contribution in [0.5, 0.6) is 17.2 Å². The smallest absolute Gasteiger partial charge is 0.272 e. The average molecular weight is 694 g/mol. The Kier molecular flexibility index (Phi) is 9.01. The standard InChI is InChI=1S/C32H29BrN4O5S2/c1-40-23-11-9-22(10-12-23)36-31(39)30-24(14-15-43-30)34-32(36)44-18-29(38)37-26(20-6-13-27(41-2)28(16-20)42-3)17-25(35-37)19-4-7-21(33)8-5-19/h4-13,16,26H,14-15,17-18H2,1-3H3. The molecule has 2 aliphatic heterocycles. The van der Waals surface area contributed by atoms with Gasteiger partial charge >= 0.3 is 0 Å². The van der Waals surface area contributed by atoms with Crippen molar-refractivity contribution in [2.75, 3.05) is 32.8 Å². The second-order valence-corrected chi connectivity index (χ2v) is 13.0. The molecule has 3 aromatic carbocycles. The second kappa shape index (κ2) is 13.1. The van der Waals surface area contributed by atoms with Crippen LogP contribution in [0.4, 0.5) is 0 Å². The number of carbonyl (C=O) groups excluding carboxylic acids is 1. The SMILES string of the molecule is COc1ccc(-n2c(SCC(=O)N3N=C(c4ccc(Br)cc4)CC3c3ccc(OC)c(OC)c3)nc3c(c2=O)SCC3)cc1. The number of hydrazone groups is 1. The Morgan fingerprint density at radius 3 is 2.45 bits per heavy atom. The molecule has 0 fully saturated rings. The molecule has 9 nitrogen and oxygen atoms in total. The zero-order valence-corrected chi connectivity index (χ0v) is 27.5. The monoisotopic (exact) mass is 692 g/mol. The van der Waals surface area contributed by atoms with E-state index in [4.69, 9.17) is 24.3 Å². The number of fused-ring (bicyclic) bond motifs is 1. The Labute approximate surface area is 271 Å². The molecule has 226 valence electrons. The summed E-state index contributed by atoms with van der Waals surface area (Å²) < 4.78 is 18.8. The number of carbonyl (C=O) groups is 1. The minimum absolute atomic E-state index is 0.0371. The van der Waals surface area contributed by atoms with Crippen molar-refractivity contribution in [1.29, 1.82) is 0 Å². The maximum atomic E-state index is 14.0. The number of hydrogen-bond donors (Lipinski definition) is 0. The van der Waals surface area contributed by atoms with E-state index in [1.807, 2.05) is 54.6 Å². The summed E-state index contributed by atoms with van der Waals surface area (Å²) in [5.41, 5.74) is 3.93. The van der Waals surface area contributed by atoms with Crippen LogP contribution in [0, 0.1) is 0 Å². The van der Waals surface area contributed by atoms with Gasteiger partial charge in [0.05, 0.1) is 55.1 Å². The normalized spacial score (nSPS) is 15.6. The summed E-state index contributed by atoms with van der Waals surface area (Å²) >= 11 is 6.25. The highest BCUT2D eigenvalue weighted by Gasteiger charge is 2.34. The zero-order chi connectivity index (χ0) is 30.8. The Morgan fingerprint density at radius 1 is 1.00 bits per heavy atom. The van der Waals surface area contributed by atoms with Crippen molar-refractivity contribution in [3.8, 4) is 22.9 Å². The van der Waals surface area contributed by atoms with E-state index >= 15 is 0 Å². The molecule has 3 heterocycles. The van der Waals surface area contributed by atoms with Crippen LogP contribution in [0.3, 0.4) is 0 Å². The molecule has 1 atom stereocenters. The van der Waals surface area contributed by atoms with Crippen molar-refractivity contribution in [3.63, 3.8) is 0 Å². The summed E-state index contributed by atoms with van der Waals surface area (Å²) in [5.74, 6) is 2.51. The molecule has 1 unspecified atom stereocenters. The quantitative estimate of drug-likeness (QED) is 0.153. The summed E-state index contributed by atoms with van der Waals surface area (Å²) in [5, 5.41) is 6.84. The largest absolute Gasteiger partial charge is 0.497 e. The van der Waals surface area contributed by atoms with Crippen LogP contribution in [-0.4, -0.2) is 59.0 Å². The van der Waals surface area contributed by atoms with E-state index in [-0.39, 0.29) is 23.3 Å². The van der Waals surface area contributed by atoms with E-state index in [2.05, 4.69) is 15.9 Å². The molecule has 12 heteroatoms. The van der Waals surface area contributed by atoms with Gasteiger partial charge < -0.3 is 14.2 Å². The molecular formula is C32H29BrN4O5S2. The molecule has 1 aromatic heterocycles. The highest BCUT2D eigenvalue weighted by atomic mass is 79.9. The highest BCUT2D eigenvalue weighted by molar-refractivity contribution is 9.10. The van der Waals surface area contributed by atoms with Gasteiger partial charge in [-0.05, 0) is 59.7 Å². The lowest BCUT2D eigenvalue weighted by atomic mass is 9.98. The molecule has 2 aliphatic rings. The molecule has 1 amide bonds. The van der Waals surface area contributed by atoms with Crippen molar-refractivity contribution in [2.24, 2.45) is 5.10 Å². The number of methoxy groups -OCH3 is 3. The van der Waals surface area contributed by atoms with Crippen LogP contribution in [-0.2, 0) is 11.2 Å². The minimum atomic E-state index is -0.352. The molecule has 0 saturated heterocycles. The van der Waals surface area contributed by atoms with Gasteiger partial charge in [-0.2, -0.15) is 5.10 Å². The van der Waals surface area contributed by atoms with E-state index in [0.29, 0.717) is 45.8 Å². The summed E-state index contributed by atoms with van der Waals surface area (Å²) in [6.07, 6.45) is 1.24. The minimum Gasteiger partial charge on any atom is -0.497 e. The third-order valence-electron chi connectivity index (χ3n) is 7.46. The van der Waals surface area contributed by atoms with Gasteiger partial charge in [-0.1, -0.05) is 45.9 Å². The number of thioether (sulfide) groups is 2. The number of rotatable bonds is 9. The van der Waals surface area contributed by atoms with Crippen LogP contribution in [0.1, 0.15) is 29.3 Å². The number of benzene rings is 3. The van der Waals surface area contributed by atoms with Gasteiger partial charge in [0, 0.05) is 23.1 Å². The Bertz CT molecular complexity index is 1790. The lowest BCUT2D eigenvalue weighted by Gasteiger charge is -2.23. The first-order chi connectivity index (χ1) is 21.4. The van der Waals surface area contributed by atoms with Crippen LogP contribution >= 0.6 is 39.5 Å². The van der Waals surface area contributed by atoms with Crippen molar-refractivity contribution in [3.05, 3.63) is 98.4 Å². The first-order valence-electron chi connectivity index (χ1n) is 13.8. The molecular weight excluding hydrogens is 664 g/mol. The van der Waals surface area contributed by atoms with Gasteiger partial charge in [-0.3, -0.25) is 14.2 Å². The van der Waals surface area contributed by atoms with Gasteiger partial charge in [0.15, 0.2) is 16.7 Å². The van der Waals surface area contributed by atoms with Gasteiger partial charge in [0.1, 0.15) is 5.75 Å². The molecule has 44 heavy (non-hydrogen) atoms. The highest BCUT2D eigenvalue weighted by Crippen LogP contribution is 2.38. The van der Waals surface area contributed by atoms with Crippen molar-refractivity contribution in [1.82, 2.24) is 14.6 Å². The number of halogens is 1. The van der Waals surface area contributed by atoms with E-state index in [1.54, 1.807) is 43.0 Å². The fourth-order valence-electron chi connectivity index (χ4n) is 5.22. The van der Waals surface area contributed by atoms with Gasteiger partial charge in [-0.15, -0.1) is 11.8 Å². The van der Waals surface area contributed by atoms with Crippen molar-refractivity contribution in [2.45, 2.75) is 28.9 Å². The van der Waals surface area contributed by atoms with E-state index in [1.165, 1.54) is 23.5 Å². The summed E-state index contributed by atoms with van der Waals surface area (Å²) in [6.45, 7) is 0. The van der Waals surface area contributed by atoms with E-state index in [9.17, 15) is 9.59 Å². The number of ether oxygens (including phenoxy) is 3. The zero-order valence-electron chi connectivity index (χ0n) is 24.3. The molecule has 0 spiro atoms. The first kappa shape index (κ1) is 30.3. The number of hydrogen-bond acceptors (Lipinski definition) is 9. The Morgan fingerprint density at radius 2 is 1.75 bits per heavy atom. The van der Waals surface area contributed by atoms with E-state index in [0.717, 1.165) is 32.8 Å². The fraction of sp³-hybridized carbons (Fsp3) is 0.250. The van der Waals surface area contributed by atoms with E-state index < -0.39 is 0 Å². The third-order valence-corrected chi connectivity index (χ3v) is 10.0. The summed E-state index contributed by atoms with van der Waals surface area (Å²) in [7, 11) is 4.77. The van der Waals surface area contributed by atoms with Crippen molar-refractivity contribution < 1.29 is 19.0 Å². The van der Waals surface area contributed by atoms with Gasteiger partial charge in [-0.25, -0.2) is 9.99 Å². The molecule has 0 saturated carbocycles. The maximum absolute atomic E-state index is 14.0. The number of nitrogens with zero attached hydrogens (tertiary/aromatic N) is 4. The second-order valence-electron chi connectivity index (χ2n) is 10.0. The fourth-order valence-corrected chi connectivity index (χ4v) is 7.39. The summed E-state index contributed by atoms with van der Waals surface area (Å²) in [4.78, 5) is 33.1. The number of aryl methyl sites for hydroxylation is 1. The van der Waals surface area contributed by atoms with Crippen LogP contribution in [0.15, 0.2) is 91.2 Å². The lowest BCUT2D eigenvalue weighted by Crippen LogP contribution is -2.29. The predicted octanol–water partition coefficient (Wildman–Crippen LogP) is 6.14. The molecule has 0 aliphatic carbocycles. The molecule has 0 bridgehead atoms. The van der Waals surface area contributed by atoms with Crippen LogP contribution < -0.4 is 19.8 Å². The molecule has 4 aromatic rings.